The Bertz CT molecular complexity index is 307. The van der Waals surface area contributed by atoms with Gasteiger partial charge in [-0.15, -0.1) is 0 Å². The van der Waals surface area contributed by atoms with Gasteiger partial charge in [0.1, 0.15) is 5.76 Å². The van der Waals surface area contributed by atoms with E-state index in [2.05, 4.69) is 0 Å². The van der Waals surface area contributed by atoms with E-state index < -0.39 is 0 Å². The van der Waals surface area contributed by atoms with Crippen LogP contribution in [0.25, 0.3) is 0 Å². The zero-order valence-corrected chi connectivity index (χ0v) is 8.62. The first kappa shape index (κ1) is 10.8. The van der Waals surface area contributed by atoms with Crippen molar-refractivity contribution in [1.29, 1.82) is 0 Å². The molecular weight excluding hydrogens is 180 g/mol. The molecule has 0 saturated carbocycles. The van der Waals surface area contributed by atoms with E-state index in [-0.39, 0.29) is 5.91 Å². The van der Waals surface area contributed by atoms with E-state index in [0.717, 1.165) is 12.2 Å². The van der Waals surface area contributed by atoms with Crippen LogP contribution < -0.4 is 5.73 Å². The van der Waals surface area contributed by atoms with Crippen molar-refractivity contribution < 1.29 is 9.21 Å². The van der Waals surface area contributed by atoms with Gasteiger partial charge in [0.05, 0.1) is 0 Å². The Labute approximate surface area is 83.7 Å². The summed E-state index contributed by atoms with van der Waals surface area (Å²) in [6.45, 7) is 2.99. The number of carbonyl (C=O) groups is 1. The average molecular weight is 196 g/mol. The van der Waals surface area contributed by atoms with Gasteiger partial charge in [-0.1, -0.05) is 6.92 Å². The Balaban J connectivity index is 2.68. The number of likely N-dealkylation sites (N-methyl/N-ethyl adjacent to an activating group) is 1. The number of rotatable bonds is 4. The molecule has 78 valence electrons. The smallest absolute Gasteiger partial charge is 0.289 e. The first-order chi connectivity index (χ1) is 6.69. The molecule has 0 aliphatic rings. The van der Waals surface area contributed by atoms with Crippen LogP contribution in [0.4, 0.5) is 0 Å². The molecule has 1 amide bonds. The van der Waals surface area contributed by atoms with Gasteiger partial charge in [0.25, 0.3) is 5.91 Å². The van der Waals surface area contributed by atoms with Crippen molar-refractivity contribution in [2.75, 3.05) is 20.1 Å². The number of hydrogen-bond donors (Lipinski definition) is 1. The Kier molecular flexibility index (Phi) is 3.71. The summed E-state index contributed by atoms with van der Waals surface area (Å²) in [7, 11) is 1.71. The SMILES string of the molecule is CCc1ccc(C(=O)N(C)CCN)o1. The molecule has 0 saturated heterocycles. The lowest BCUT2D eigenvalue weighted by Crippen LogP contribution is -2.31. The van der Waals surface area contributed by atoms with Crippen LogP contribution >= 0.6 is 0 Å². The summed E-state index contributed by atoms with van der Waals surface area (Å²) in [5.41, 5.74) is 5.35. The lowest BCUT2D eigenvalue weighted by Gasteiger charge is -2.13. The first-order valence-electron chi connectivity index (χ1n) is 4.73. The minimum absolute atomic E-state index is 0.116. The minimum Gasteiger partial charge on any atom is -0.456 e. The van der Waals surface area contributed by atoms with E-state index in [1.807, 2.05) is 13.0 Å². The summed E-state index contributed by atoms with van der Waals surface area (Å²) in [6.07, 6.45) is 0.799. The van der Waals surface area contributed by atoms with Crippen molar-refractivity contribution in [1.82, 2.24) is 4.90 Å². The van der Waals surface area contributed by atoms with Crippen molar-refractivity contribution in [3.63, 3.8) is 0 Å². The van der Waals surface area contributed by atoms with Crippen LogP contribution in [0.1, 0.15) is 23.2 Å². The molecular formula is C10H16N2O2. The predicted molar refractivity (Wildman–Crippen MR) is 54.1 cm³/mol. The van der Waals surface area contributed by atoms with Gasteiger partial charge in [-0.25, -0.2) is 0 Å². The van der Waals surface area contributed by atoms with Crippen LogP contribution in [0, 0.1) is 0 Å². The molecule has 1 aromatic heterocycles. The van der Waals surface area contributed by atoms with E-state index in [0.29, 0.717) is 18.8 Å². The lowest BCUT2D eigenvalue weighted by molar-refractivity contribution is 0.0766. The van der Waals surface area contributed by atoms with Gasteiger partial charge >= 0.3 is 0 Å². The maximum Gasteiger partial charge on any atom is 0.289 e. The van der Waals surface area contributed by atoms with Gasteiger partial charge in [0, 0.05) is 26.6 Å². The quantitative estimate of drug-likeness (QED) is 0.777. The van der Waals surface area contributed by atoms with Crippen LogP contribution in [0.3, 0.4) is 0 Å². The van der Waals surface area contributed by atoms with Gasteiger partial charge in [-0.3, -0.25) is 4.79 Å². The zero-order chi connectivity index (χ0) is 10.6. The highest BCUT2D eigenvalue weighted by molar-refractivity contribution is 5.91. The third kappa shape index (κ3) is 2.35. The maximum absolute atomic E-state index is 11.6. The van der Waals surface area contributed by atoms with Crippen LogP contribution in [-0.2, 0) is 6.42 Å². The third-order valence-electron chi connectivity index (χ3n) is 2.03. The molecule has 0 fully saturated rings. The second-order valence-electron chi connectivity index (χ2n) is 3.13. The molecule has 0 atom stereocenters. The molecule has 1 rings (SSSR count). The number of nitrogens with two attached hydrogens (primary N) is 1. The predicted octanol–water partition coefficient (Wildman–Crippen LogP) is 0.873. The Morgan fingerprint density at radius 3 is 2.79 bits per heavy atom. The molecule has 1 heterocycles. The van der Waals surface area contributed by atoms with Gasteiger partial charge in [0.2, 0.25) is 0 Å². The molecule has 0 radical (unpaired) electrons. The second-order valence-corrected chi connectivity index (χ2v) is 3.13. The fourth-order valence-electron chi connectivity index (χ4n) is 1.17. The highest BCUT2D eigenvalue weighted by atomic mass is 16.4. The van der Waals surface area contributed by atoms with E-state index in [1.165, 1.54) is 0 Å². The van der Waals surface area contributed by atoms with E-state index in [1.54, 1.807) is 18.0 Å². The molecule has 0 bridgehead atoms. The van der Waals surface area contributed by atoms with Crippen LogP contribution in [0.2, 0.25) is 0 Å². The van der Waals surface area contributed by atoms with Crippen LogP contribution in [0.5, 0.6) is 0 Å². The first-order valence-corrected chi connectivity index (χ1v) is 4.73. The van der Waals surface area contributed by atoms with Crippen molar-refractivity contribution in [3.05, 3.63) is 23.7 Å². The topological polar surface area (TPSA) is 59.5 Å². The standard InChI is InChI=1S/C10H16N2O2/c1-3-8-4-5-9(14-8)10(13)12(2)7-6-11/h4-5H,3,6-7,11H2,1-2H3. The summed E-state index contributed by atoms with van der Waals surface area (Å²) in [5.74, 6) is 1.10. The van der Waals surface area contributed by atoms with Gasteiger partial charge < -0.3 is 15.1 Å². The fraction of sp³-hybridized carbons (Fsp3) is 0.500. The van der Waals surface area contributed by atoms with E-state index in [9.17, 15) is 4.79 Å². The summed E-state index contributed by atoms with van der Waals surface area (Å²) in [6, 6.07) is 3.53. The van der Waals surface area contributed by atoms with Crippen molar-refractivity contribution in [2.45, 2.75) is 13.3 Å². The third-order valence-corrected chi connectivity index (χ3v) is 2.03. The molecule has 14 heavy (non-hydrogen) atoms. The summed E-state index contributed by atoms with van der Waals surface area (Å²) >= 11 is 0. The fourth-order valence-corrected chi connectivity index (χ4v) is 1.17. The molecule has 0 spiro atoms. The van der Waals surface area contributed by atoms with Gasteiger partial charge in [-0.05, 0) is 12.1 Å². The molecule has 0 aromatic carbocycles. The van der Waals surface area contributed by atoms with Gasteiger partial charge in [0.15, 0.2) is 5.76 Å². The number of furan rings is 1. The molecule has 4 heteroatoms. The number of hydrogen-bond acceptors (Lipinski definition) is 3. The molecule has 0 unspecified atom stereocenters. The van der Waals surface area contributed by atoms with Crippen molar-refractivity contribution in [2.24, 2.45) is 5.73 Å². The van der Waals surface area contributed by atoms with Crippen molar-refractivity contribution in [3.8, 4) is 0 Å². The molecule has 2 N–H and O–H groups in total. The number of nitrogens with zero attached hydrogens (tertiary/aromatic N) is 1. The number of carbonyl (C=O) groups excluding carboxylic acids is 1. The summed E-state index contributed by atoms with van der Waals surface area (Å²) < 4.78 is 5.33. The summed E-state index contributed by atoms with van der Waals surface area (Å²) in [5, 5.41) is 0. The van der Waals surface area contributed by atoms with Crippen molar-refractivity contribution >= 4 is 5.91 Å². The van der Waals surface area contributed by atoms with E-state index in [4.69, 9.17) is 10.2 Å². The normalized spacial score (nSPS) is 10.2. The highest BCUT2D eigenvalue weighted by Gasteiger charge is 2.14. The van der Waals surface area contributed by atoms with E-state index >= 15 is 0 Å². The minimum atomic E-state index is -0.116. The zero-order valence-electron chi connectivity index (χ0n) is 8.62. The number of aryl methyl sites for hydroxylation is 1. The highest BCUT2D eigenvalue weighted by Crippen LogP contribution is 2.10. The Morgan fingerprint density at radius 2 is 2.29 bits per heavy atom. The largest absolute Gasteiger partial charge is 0.456 e. The van der Waals surface area contributed by atoms with Gasteiger partial charge in [-0.2, -0.15) is 0 Å². The molecule has 4 nitrogen and oxygen atoms in total. The second kappa shape index (κ2) is 4.81. The average Bonchev–Trinajstić information content (AvgIpc) is 2.65. The monoisotopic (exact) mass is 196 g/mol. The van der Waals surface area contributed by atoms with Crippen LogP contribution in [0.15, 0.2) is 16.5 Å². The molecule has 0 aliphatic carbocycles. The molecule has 1 aromatic rings. The summed E-state index contributed by atoms with van der Waals surface area (Å²) in [4.78, 5) is 13.2. The maximum atomic E-state index is 11.6. The Morgan fingerprint density at radius 1 is 1.57 bits per heavy atom. The number of amides is 1. The molecule has 0 aliphatic heterocycles. The Hall–Kier alpha value is -1.29. The van der Waals surface area contributed by atoms with Crippen LogP contribution in [-0.4, -0.2) is 30.9 Å². The lowest BCUT2D eigenvalue weighted by atomic mass is 10.3.